The van der Waals surface area contributed by atoms with E-state index in [0.29, 0.717) is 6.54 Å². The number of hydrogen-bond acceptors (Lipinski definition) is 3. The highest BCUT2D eigenvalue weighted by atomic mass is 79.9. The van der Waals surface area contributed by atoms with Gasteiger partial charge in [-0.2, -0.15) is 0 Å². The van der Waals surface area contributed by atoms with Gasteiger partial charge in [0.2, 0.25) is 5.91 Å². The van der Waals surface area contributed by atoms with Gasteiger partial charge < -0.3 is 10.6 Å². The monoisotopic (exact) mass is 299 g/mol. The standard InChI is InChI=1S/C11H14BrN3O2/c1-3-13-10(16)7(2)15-11(17)9-5-4-8(12)6-14-9/h4-7H,3H2,1-2H3,(H,13,16)(H,15,17). The number of aromatic nitrogens is 1. The van der Waals surface area contributed by atoms with Crippen LogP contribution in [0.5, 0.6) is 0 Å². The Morgan fingerprint density at radius 2 is 2.18 bits per heavy atom. The Labute approximate surface area is 108 Å². The number of halogens is 1. The molecule has 0 saturated heterocycles. The molecule has 5 nitrogen and oxygen atoms in total. The molecule has 1 aromatic rings. The van der Waals surface area contributed by atoms with Crippen LogP contribution in [0.1, 0.15) is 24.3 Å². The van der Waals surface area contributed by atoms with Gasteiger partial charge in [0.15, 0.2) is 0 Å². The van der Waals surface area contributed by atoms with Crippen LogP contribution in [-0.4, -0.2) is 29.4 Å². The third-order valence-corrected chi connectivity index (χ3v) is 2.52. The summed E-state index contributed by atoms with van der Waals surface area (Å²) < 4.78 is 0.797. The van der Waals surface area contributed by atoms with Crippen LogP contribution in [0.2, 0.25) is 0 Å². The van der Waals surface area contributed by atoms with Crippen LogP contribution in [0.3, 0.4) is 0 Å². The van der Waals surface area contributed by atoms with Gasteiger partial charge in [0.25, 0.3) is 5.91 Å². The topological polar surface area (TPSA) is 71.1 Å². The molecule has 0 saturated carbocycles. The molecule has 0 aliphatic heterocycles. The molecule has 17 heavy (non-hydrogen) atoms. The first-order valence-electron chi connectivity index (χ1n) is 5.24. The van der Waals surface area contributed by atoms with E-state index in [1.165, 1.54) is 6.20 Å². The van der Waals surface area contributed by atoms with Gasteiger partial charge in [0.1, 0.15) is 11.7 Å². The van der Waals surface area contributed by atoms with Crippen molar-refractivity contribution < 1.29 is 9.59 Å². The maximum atomic E-state index is 11.7. The molecule has 0 bridgehead atoms. The van der Waals surface area contributed by atoms with E-state index >= 15 is 0 Å². The predicted molar refractivity (Wildman–Crippen MR) is 67.5 cm³/mol. The van der Waals surface area contributed by atoms with Gasteiger partial charge in [0, 0.05) is 17.2 Å². The molecule has 0 aliphatic rings. The first-order chi connectivity index (χ1) is 8.04. The van der Waals surface area contributed by atoms with Crippen molar-refractivity contribution in [1.29, 1.82) is 0 Å². The van der Waals surface area contributed by atoms with Crippen molar-refractivity contribution in [1.82, 2.24) is 15.6 Å². The normalized spacial score (nSPS) is 11.7. The fourth-order valence-corrected chi connectivity index (χ4v) is 1.41. The minimum absolute atomic E-state index is 0.210. The van der Waals surface area contributed by atoms with Crippen LogP contribution < -0.4 is 10.6 Å². The number of nitrogens with zero attached hydrogens (tertiary/aromatic N) is 1. The van der Waals surface area contributed by atoms with Gasteiger partial charge in [-0.15, -0.1) is 0 Å². The van der Waals surface area contributed by atoms with Gasteiger partial charge in [-0.05, 0) is 41.9 Å². The number of rotatable bonds is 4. The second kappa shape index (κ2) is 6.34. The fraction of sp³-hybridized carbons (Fsp3) is 0.364. The van der Waals surface area contributed by atoms with E-state index in [1.807, 2.05) is 6.92 Å². The van der Waals surface area contributed by atoms with Crippen molar-refractivity contribution in [3.8, 4) is 0 Å². The molecule has 6 heteroatoms. The molecule has 2 N–H and O–H groups in total. The highest BCUT2D eigenvalue weighted by Gasteiger charge is 2.16. The molecule has 0 fully saturated rings. The van der Waals surface area contributed by atoms with E-state index in [1.54, 1.807) is 19.1 Å². The summed E-state index contributed by atoms with van der Waals surface area (Å²) in [5, 5.41) is 5.20. The molecule has 1 unspecified atom stereocenters. The lowest BCUT2D eigenvalue weighted by Gasteiger charge is -2.12. The third-order valence-electron chi connectivity index (χ3n) is 2.05. The Bertz CT molecular complexity index is 406. The van der Waals surface area contributed by atoms with Crippen LogP contribution in [-0.2, 0) is 4.79 Å². The maximum Gasteiger partial charge on any atom is 0.270 e. The Morgan fingerprint density at radius 3 is 2.71 bits per heavy atom. The summed E-state index contributed by atoms with van der Waals surface area (Å²) in [6, 6.07) is 2.73. The van der Waals surface area contributed by atoms with Crippen LogP contribution in [0, 0.1) is 0 Å². The number of hydrogen-bond donors (Lipinski definition) is 2. The molecule has 2 amide bonds. The first-order valence-corrected chi connectivity index (χ1v) is 6.04. The largest absolute Gasteiger partial charge is 0.355 e. The quantitative estimate of drug-likeness (QED) is 0.874. The lowest BCUT2D eigenvalue weighted by atomic mass is 10.2. The smallest absolute Gasteiger partial charge is 0.270 e. The second-order valence-corrected chi connectivity index (χ2v) is 4.37. The van der Waals surface area contributed by atoms with E-state index in [0.717, 1.165) is 4.47 Å². The molecule has 0 aliphatic carbocycles. The summed E-state index contributed by atoms with van der Waals surface area (Å²) in [7, 11) is 0. The van der Waals surface area contributed by atoms with E-state index in [4.69, 9.17) is 0 Å². The minimum atomic E-state index is -0.576. The highest BCUT2D eigenvalue weighted by Crippen LogP contribution is 2.07. The Kier molecular flexibility index (Phi) is 5.09. The number of nitrogens with one attached hydrogen (secondary N) is 2. The summed E-state index contributed by atoms with van der Waals surface area (Å²) in [5.74, 6) is -0.575. The van der Waals surface area contributed by atoms with Crippen molar-refractivity contribution >= 4 is 27.7 Å². The second-order valence-electron chi connectivity index (χ2n) is 3.45. The molecular weight excluding hydrogens is 286 g/mol. The minimum Gasteiger partial charge on any atom is -0.355 e. The number of amides is 2. The first kappa shape index (κ1) is 13.6. The van der Waals surface area contributed by atoms with Gasteiger partial charge in [0.05, 0.1) is 0 Å². The zero-order valence-electron chi connectivity index (χ0n) is 9.66. The summed E-state index contributed by atoms with van der Waals surface area (Å²) in [6.07, 6.45) is 1.53. The van der Waals surface area contributed by atoms with Crippen LogP contribution >= 0.6 is 15.9 Å². The lowest BCUT2D eigenvalue weighted by molar-refractivity contribution is -0.122. The summed E-state index contributed by atoms with van der Waals surface area (Å²) in [4.78, 5) is 27.1. The Morgan fingerprint density at radius 1 is 1.47 bits per heavy atom. The molecule has 1 atom stereocenters. The van der Waals surface area contributed by atoms with Crippen molar-refractivity contribution in [3.05, 3.63) is 28.5 Å². The van der Waals surface area contributed by atoms with Gasteiger partial charge in [-0.1, -0.05) is 0 Å². The molecule has 0 radical (unpaired) electrons. The average molecular weight is 300 g/mol. The van der Waals surface area contributed by atoms with Gasteiger partial charge in [-0.25, -0.2) is 4.98 Å². The molecule has 92 valence electrons. The van der Waals surface area contributed by atoms with Crippen molar-refractivity contribution in [2.75, 3.05) is 6.54 Å². The van der Waals surface area contributed by atoms with Crippen LogP contribution in [0.25, 0.3) is 0 Å². The van der Waals surface area contributed by atoms with Crippen molar-refractivity contribution in [3.63, 3.8) is 0 Å². The number of carbonyl (C=O) groups excluding carboxylic acids is 2. The molecular formula is C11H14BrN3O2. The van der Waals surface area contributed by atoms with Crippen LogP contribution in [0.4, 0.5) is 0 Å². The van der Waals surface area contributed by atoms with Gasteiger partial charge in [-0.3, -0.25) is 9.59 Å². The predicted octanol–water partition coefficient (Wildman–Crippen LogP) is 1.10. The fourth-order valence-electron chi connectivity index (χ4n) is 1.17. The summed E-state index contributed by atoms with van der Waals surface area (Å²) in [5.41, 5.74) is 0.282. The summed E-state index contributed by atoms with van der Waals surface area (Å²) in [6.45, 7) is 3.99. The molecule has 1 heterocycles. The SMILES string of the molecule is CCNC(=O)C(C)NC(=O)c1ccc(Br)cn1. The van der Waals surface area contributed by atoms with E-state index in [-0.39, 0.29) is 17.5 Å². The van der Waals surface area contributed by atoms with E-state index < -0.39 is 6.04 Å². The van der Waals surface area contributed by atoms with Crippen LogP contribution in [0.15, 0.2) is 22.8 Å². The number of carbonyl (C=O) groups is 2. The lowest BCUT2D eigenvalue weighted by Crippen LogP contribution is -2.44. The Balaban J connectivity index is 2.60. The van der Waals surface area contributed by atoms with Crippen molar-refractivity contribution in [2.24, 2.45) is 0 Å². The van der Waals surface area contributed by atoms with Crippen molar-refractivity contribution in [2.45, 2.75) is 19.9 Å². The Hall–Kier alpha value is -1.43. The zero-order valence-corrected chi connectivity index (χ0v) is 11.2. The van der Waals surface area contributed by atoms with E-state index in [9.17, 15) is 9.59 Å². The molecule has 1 rings (SSSR count). The molecule has 0 spiro atoms. The molecule has 1 aromatic heterocycles. The highest BCUT2D eigenvalue weighted by molar-refractivity contribution is 9.10. The van der Waals surface area contributed by atoms with E-state index in [2.05, 4.69) is 31.5 Å². The maximum absolute atomic E-state index is 11.7. The summed E-state index contributed by atoms with van der Waals surface area (Å²) >= 11 is 3.23. The van der Waals surface area contributed by atoms with Gasteiger partial charge >= 0.3 is 0 Å². The number of pyridine rings is 1. The number of likely N-dealkylation sites (N-methyl/N-ethyl adjacent to an activating group) is 1. The zero-order chi connectivity index (χ0) is 12.8. The molecule has 0 aromatic carbocycles. The average Bonchev–Trinajstić information content (AvgIpc) is 2.30. The third kappa shape index (κ3) is 4.14.